The Kier molecular flexibility index (Phi) is 6.94. The third-order valence-electron chi connectivity index (χ3n) is 10.2. The molecule has 1 saturated carbocycles. The van der Waals surface area contributed by atoms with E-state index < -0.39 is 0 Å². The van der Waals surface area contributed by atoms with Gasteiger partial charge >= 0.3 is 0 Å². The predicted molar refractivity (Wildman–Crippen MR) is 152 cm³/mol. The lowest BCUT2D eigenvalue weighted by molar-refractivity contribution is -0.00674. The predicted octanol–water partition coefficient (Wildman–Crippen LogP) is 7.30. The van der Waals surface area contributed by atoms with Gasteiger partial charge in [-0.15, -0.1) is 0 Å². The average Bonchev–Trinajstić information content (AvgIpc) is 2.98. The minimum absolute atomic E-state index is 0.226. The Morgan fingerprint density at radius 3 is 0.857 bits per heavy atom. The van der Waals surface area contributed by atoms with E-state index in [0.717, 1.165) is 35.5 Å². The van der Waals surface area contributed by atoms with E-state index in [0.29, 0.717) is 0 Å². The number of rotatable bonds is 3. The van der Waals surface area contributed by atoms with Crippen LogP contribution in [0.15, 0.2) is 0 Å². The molecule has 0 amide bonds. The van der Waals surface area contributed by atoms with Crippen molar-refractivity contribution in [3.05, 3.63) is 0 Å². The fourth-order valence-electron chi connectivity index (χ4n) is 11.0. The molecule has 0 bridgehead atoms. The van der Waals surface area contributed by atoms with Gasteiger partial charge < -0.3 is 16.0 Å². The molecule has 3 N–H and O–H groups in total. The third-order valence-corrected chi connectivity index (χ3v) is 10.2. The summed E-state index contributed by atoms with van der Waals surface area (Å²) in [5.74, 6) is 5.18. The van der Waals surface area contributed by atoms with E-state index in [1.807, 2.05) is 0 Å². The maximum atomic E-state index is 4.01. The summed E-state index contributed by atoms with van der Waals surface area (Å²) in [5, 5.41) is 12.0. The van der Waals surface area contributed by atoms with E-state index in [2.05, 4.69) is 99.0 Å². The summed E-state index contributed by atoms with van der Waals surface area (Å²) in [6.07, 6.45) is 10.9. The van der Waals surface area contributed by atoms with Crippen LogP contribution in [0.2, 0.25) is 0 Å². The Morgan fingerprint density at radius 1 is 0.371 bits per heavy atom. The second-order valence-electron chi connectivity index (χ2n) is 17.7. The van der Waals surface area contributed by atoms with E-state index in [1.54, 1.807) is 0 Å². The molecular formula is C32H61N3. The average molecular weight is 488 g/mol. The van der Waals surface area contributed by atoms with Gasteiger partial charge in [-0.1, -0.05) is 0 Å². The summed E-state index contributed by atoms with van der Waals surface area (Å²) in [4.78, 5) is 0. The zero-order valence-electron chi connectivity index (χ0n) is 25.6. The molecule has 2 unspecified atom stereocenters. The largest absolute Gasteiger partial charge is 0.307 e. The Hall–Kier alpha value is -0.120. The lowest BCUT2D eigenvalue weighted by Crippen LogP contribution is -2.62. The topological polar surface area (TPSA) is 36.1 Å². The van der Waals surface area contributed by atoms with Crippen molar-refractivity contribution in [1.82, 2.24) is 16.0 Å². The van der Waals surface area contributed by atoms with Crippen LogP contribution in [0.4, 0.5) is 0 Å². The Balaban J connectivity index is 1.69. The summed E-state index contributed by atoms with van der Waals surface area (Å²) in [7, 11) is 0. The first-order valence-electron chi connectivity index (χ1n) is 15.1. The van der Waals surface area contributed by atoms with Gasteiger partial charge in [-0.25, -0.2) is 0 Å². The Morgan fingerprint density at radius 2 is 0.600 bits per heavy atom. The van der Waals surface area contributed by atoms with Crippen LogP contribution in [0, 0.1) is 35.5 Å². The minimum Gasteiger partial charge on any atom is -0.307 e. The van der Waals surface area contributed by atoms with Gasteiger partial charge in [0.15, 0.2) is 0 Å². The molecule has 2 atom stereocenters. The molecule has 0 spiro atoms. The standard InChI is InChI=1S/C32H61N3/c1-27(2)15-21(16-28(3,4)33-27)24-13-14-25(22-17-29(5,6)34-30(7,8)18-22)26(24)23-19-31(9,10)35-32(11,12)20-23/h21-26,33-35H,13-20H2,1-12H3. The van der Waals surface area contributed by atoms with Crippen LogP contribution in [-0.4, -0.2) is 33.2 Å². The minimum atomic E-state index is 0.226. The van der Waals surface area contributed by atoms with Gasteiger partial charge in [0.25, 0.3) is 0 Å². The lowest BCUT2D eigenvalue weighted by Gasteiger charge is -2.55. The molecule has 3 heteroatoms. The highest BCUT2D eigenvalue weighted by molar-refractivity contribution is 5.08. The first-order chi connectivity index (χ1) is 15.7. The van der Waals surface area contributed by atoms with Crippen LogP contribution in [0.25, 0.3) is 0 Å². The van der Waals surface area contributed by atoms with Crippen molar-refractivity contribution in [1.29, 1.82) is 0 Å². The molecular weight excluding hydrogens is 426 g/mol. The molecule has 0 radical (unpaired) electrons. The summed E-state index contributed by atoms with van der Waals surface area (Å²) in [6.45, 7) is 29.5. The van der Waals surface area contributed by atoms with E-state index in [4.69, 9.17) is 0 Å². The van der Waals surface area contributed by atoms with Gasteiger partial charge in [0, 0.05) is 33.2 Å². The van der Waals surface area contributed by atoms with Gasteiger partial charge in [0.2, 0.25) is 0 Å². The quantitative estimate of drug-likeness (QED) is 0.391. The first-order valence-corrected chi connectivity index (χ1v) is 15.1. The van der Waals surface area contributed by atoms with Gasteiger partial charge in [0.1, 0.15) is 0 Å². The fraction of sp³-hybridized carbons (Fsp3) is 1.00. The molecule has 4 rings (SSSR count). The highest BCUT2D eigenvalue weighted by atomic mass is 15.1. The number of hydrogen-bond donors (Lipinski definition) is 3. The molecule has 0 aromatic heterocycles. The van der Waals surface area contributed by atoms with Crippen LogP contribution in [0.5, 0.6) is 0 Å². The molecule has 0 aromatic rings. The molecule has 3 saturated heterocycles. The van der Waals surface area contributed by atoms with Crippen molar-refractivity contribution in [3.63, 3.8) is 0 Å². The zero-order chi connectivity index (χ0) is 26.2. The maximum Gasteiger partial charge on any atom is 0.0132 e. The Labute approximate surface area is 219 Å². The molecule has 204 valence electrons. The van der Waals surface area contributed by atoms with Crippen molar-refractivity contribution in [2.24, 2.45) is 35.5 Å². The maximum absolute atomic E-state index is 4.01. The van der Waals surface area contributed by atoms with Crippen LogP contribution in [-0.2, 0) is 0 Å². The normalized spacial score (nSPS) is 38.9. The van der Waals surface area contributed by atoms with E-state index in [9.17, 15) is 0 Å². The molecule has 3 nitrogen and oxygen atoms in total. The lowest BCUT2D eigenvalue weighted by atomic mass is 9.58. The molecule has 1 aliphatic carbocycles. The summed E-state index contributed by atoms with van der Waals surface area (Å²) >= 11 is 0. The number of nitrogens with one attached hydrogen (secondary N) is 3. The summed E-state index contributed by atoms with van der Waals surface area (Å²) < 4.78 is 0. The Bertz CT molecular complexity index is 680. The molecule has 4 fully saturated rings. The van der Waals surface area contributed by atoms with Crippen LogP contribution < -0.4 is 16.0 Å². The number of hydrogen-bond acceptors (Lipinski definition) is 3. The zero-order valence-corrected chi connectivity index (χ0v) is 25.6. The van der Waals surface area contributed by atoms with Crippen LogP contribution >= 0.6 is 0 Å². The summed E-state index contributed by atoms with van der Waals surface area (Å²) in [6, 6.07) is 0. The molecule has 0 aromatic carbocycles. The van der Waals surface area contributed by atoms with E-state index >= 15 is 0 Å². The number of piperidine rings is 3. The second-order valence-corrected chi connectivity index (χ2v) is 17.7. The smallest absolute Gasteiger partial charge is 0.0132 e. The van der Waals surface area contributed by atoms with Gasteiger partial charge in [0.05, 0.1) is 0 Å². The van der Waals surface area contributed by atoms with Gasteiger partial charge in [-0.3, -0.25) is 0 Å². The monoisotopic (exact) mass is 487 g/mol. The molecule has 4 aliphatic rings. The van der Waals surface area contributed by atoms with Crippen molar-refractivity contribution in [3.8, 4) is 0 Å². The van der Waals surface area contributed by atoms with Crippen LogP contribution in [0.1, 0.15) is 134 Å². The third kappa shape index (κ3) is 6.48. The summed E-state index contributed by atoms with van der Waals surface area (Å²) in [5.41, 5.74) is 1.40. The SMILES string of the molecule is CC1(C)CC(C2CCC(C3CC(C)(C)NC(C)(C)C3)C2C2CC(C)(C)NC(C)(C)C2)CC(C)(C)N1. The van der Waals surface area contributed by atoms with Crippen molar-refractivity contribution >= 4 is 0 Å². The van der Waals surface area contributed by atoms with Gasteiger partial charge in [-0.05, 0) is 170 Å². The first kappa shape index (κ1) is 27.9. The van der Waals surface area contributed by atoms with E-state index in [-0.39, 0.29) is 33.2 Å². The molecule has 35 heavy (non-hydrogen) atoms. The van der Waals surface area contributed by atoms with Crippen molar-refractivity contribution in [2.45, 2.75) is 168 Å². The van der Waals surface area contributed by atoms with Gasteiger partial charge in [-0.2, -0.15) is 0 Å². The molecule has 3 aliphatic heterocycles. The van der Waals surface area contributed by atoms with Crippen LogP contribution in [0.3, 0.4) is 0 Å². The fourth-order valence-corrected chi connectivity index (χ4v) is 11.0. The highest BCUT2D eigenvalue weighted by Gasteiger charge is 2.54. The second kappa shape index (κ2) is 8.70. The highest BCUT2D eigenvalue weighted by Crippen LogP contribution is 2.58. The van der Waals surface area contributed by atoms with Crippen molar-refractivity contribution < 1.29 is 0 Å². The van der Waals surface area contributed by atoms with E-state index in [1.165, 1.54) is 51.4 Å². The molecule has 3 heterocycles. The van der Waals surface area contributed by atoms with Crippen molar-refractivity contribution in [2.75, 3.05) is 0 Å².